The quantitative estimate of drug-likeness (QED) is 0.569. The topological polar surface area (TPSA) is 92.7 Å². The van der Waals surface area contributed by atoms with Gasteiger partial charge in [0.2, 0.25) is 5.96 Å². The fourth-order valence-electron chi connectivity index (χ4n) is 6.65. The van der Waals surface area contributed by atoms with Crippen LogP contribution in [0.1, 0.15) is 51.0 Å². The van der Waals surface area contributed by atoms with Crippen LogP contribution in [0.2, 0.25) is 0 Å². The number of aliphatic imine (C=N–C) groups is 1. The summed E-state index contributed by atoms with van der Waals surface area (Å²) in [5.74, 6) is 1.20. The van der Waals surface area contributed by atoms with Gasteiger partial charge in [-0.3, -0.25) is 14.9 Å². The molecule has 1 amide bonds. The minimum Gasteiger partial charge on any atom is -0.459 e. The highest BCUT2D eigenvalue weighted by Crippen LogP contribution is 2.59. The number of hydrogen-bond donors (Lipinski definition) is 2. The molecule has 2 atom stereocenters. The van der Waals surface area contributed by atoms with Crippen molar-refractivity contribution in [2.45, 2.75) is 56.6 Å². The highest BCUT2D eigenvalue weighted by atomic mass is 32.1. The smallest absolute Gasteiger partial charge is 0.303 e. The second-order valence-electron chi connectivity index (χ2n) is 9.67. The summed E-state index contributed by atoms with van der Waals surface area (Å²) in [5.41, 5.74) is 3.55. The van der Waals surface area contributed by atoms with E-state index in [1.807, 2.05) is 29.8 Å². The molecule has 2 heterocycles. The molecule has 0 spiro atoms. The maximum atomic E-state index is 12.6. The number of hydrogen-bond acceptors (Lipinski definition) is 7. The number of guanidine groups is 1. The van der Waals surface area contributed by atoms with Crippen LogP contribution in [-0.2, 0) is 14.3 Å². The van der Waals surface area contributed by atoms with Gasteiger partial charge in [0.25, 0.3) is 5.91 Å². The van der Waals surface area contributed by atoms with Crippen molar-refractivity contribution >= 4 is 45.5 Å². The number of rotatable bonds is 3. The Balaban J connectivity index is 1.26. The molecule has 0 saturated heterocycles. The Hall–Kier alpha value is -2.74. The highest BCUT2D eigenvalue weighted by molar-refractivity contribution is 7.16. The summed E-state index contributed by atoms with van der Waals surface area (Å²) >= 11 is 1.58. The largest absolute Gasteiger partial charge is 0.459 e. The molecule has 4 bridgehead atoms. The van der Waals surface area contributed by atoms with Gasteiger partial charge >= 0.3 is 5.97 Å². The summed E-state index contributed by atoms with van der Waals surface area (Å²) in [5, 5.41) is 6.47. The molecule has 1 aromatic carbocycles. The number of ether oxygens (including phenoxy) is 1. The summed E-state index contributed by atoms with van der Waals surface area (Å²) in [4.78, 5) is 33.2. The molecule has 2 N–H and O–H groups in total. The van der Waals surface area contributed by atoms with Gasteiger partial charge in [-0.05, 0) is 67.7 Å². The lowest BCUT2D eigenvalue weighted by Crippen LogP contribution is -2.67. The van der Waals surface area contributed by atoms with Crippen molar-refractivity contribution < 1.29 is 14.3 Å². The molecule has 160 valence electrons. The van der Waals surface area contributed by atoms with Gasteiger partial charge in [0.1, 0.15) is 11.3 Å². The maximum Gasteiger partial charge on any atom is 0.303 e. The number of nitrogens with zero attached hydrogens (tertiary/aromatic N) is 2. The number of fused-ring (bicyclic) bond motifs is 1. The molecule has 5 aliphatic rings. The lowest BCUT2D eigenvalue weighted by atomic mass is 9.51. The first-order valence-electron chi connectivity index (χ1n) is 10.8. The summed E-state index contributed by atoms with van der Waals surface area (Å²) < 4.78 is 6.95. The number of benzene rings is 1. The predicted molar refractivity (Wildman–Crippen MR) is 118 cm³/mol. The maximum absolute atomic E-state index is 12.6. The molecule has 4 saturated carbocycles. The van der Waals surface area contributed by atoms with Crippen LogP contribution in [0, 0.1) is 11.8 Å². The van der Waals surface area contributed by atoms with E-state index in [-0.39, 0.29) is 23.0 Å². The van der Waals surface area contributed by atoms with Crippen LogP contribution in [0.15, 0.2) is 34.4 Å². The average molecular weight is 437 g/mol. The van der Waals surface area contributed by atoms with Gasteiger partial charge in [-0.1, -0.05) is 6.07 Å². The van der Waals surface area contributed by atoms with Crippen LogP contribution in [0.5, 0.6) is 0 Å². The molecule has 4 aliphatic carbocycles. The fraction of sp³-hybridized carbons (Fsp3) is 0.478. The van der Waals surface area contributed by atoms with Crippen LogP contribution in [0.3, 0.4) is 0 Å². The van der Waals surface area contributed by atoms with Gasteiger partial charge in [-0.2, -0.15) is 0 Å². The lowest BCUT2D eigenvalue weighted by Gasteiger charge is -2.61. The van der Waals surface area contributed by atoms with E-state index < -0.39 is 0 Å². The standard InChI is InChI=1S/C23H24N4O3S/c1-13(28)30-23-9-15-4-16(10-23)8-22(7-15,11-23)27-21-25-18(20(29)26-21)5-14-2-3-17-19(6-14)31-12-24-17/h2-3,5-6,12,15-16H,4,7-11H2,1H3,(H2,25,26,27,29)/b18-5-. The Morgan fingerprint density at radius 3 is 2.87 bits per heavy atom. The van der Waals surface area contributed by atoms with E-state index in [1.54, 1.807) is 11.3 Å². The number of carbonyl (C=O) groups is 2. The molecular weight excluding hydrogens is 412 g/mol. The van der Waals surface area contributed by atoms with E-state index in [0.29, 0.717) is 23.5 Å². The normalized spacial score (nSPS) is 34.8. The molecule has 2 aromatic rings. The monoisotopic (exact) mass is 436 g/mol. The van der Waals surface area contributed by atoms with Gasteiger partial charge in [0.05, 0.1) is 15.7 Å². The molecule has 8 heteroatoms. The first kappa shape index (κ1) is 19.0. The van der Waals surface area contributed by atoms with Crippen molar-refractivity contribution in [3.05, 3.63) is 35.0 Å². The number of nitrogens with one attached hydrogen (secondary N) is 2. The van der Waals surface area contributed by atoms with Gasteiger partial charge in [-0.15, -0.1) is 11.3 Å². The number of thiazole rings is 1. The zero-order chi connectivity index (χ0) is 21.2. The van der Waals surface area contributed by atoms with E-state index in [1.165, 1.54) is 13.3 Å². The Morgan fingerprint density at radius 2 is 2.10 bits per heavy atom. The van der Waals surface area contributed by atoms with Crippen molar-refractivity contribution in [2.24, 2.45) is 16.8 Å². The molecule has 31 heavy (non-hydrogen) atoms. The third kappa shape index (κ3) is 3.33. The van der Waals surface area contributed by atoms with Crippen LogP contribution >= 0.6 is 11.3 Å². The Morgan fingerprint density at radius 1 is 1.29 bits per heavy atom. The van der Waals surface area contributed by atoms with Crippen molar-refractivity contribution in [3.8, 4) is 0 Å². The van der Waals surface area contributed by atoms with Gasteiger partial charge in [-0.25, -0.2) is 9.98 Å². The SMILES string of the molecule is CC(=O)OC12CC3CC(CC(NC4=N/C(=C\c5ccc6ncsc6c5)C(=O)N4)(C3)C1)C2. The molecule has 1 aromatic heterocycles. The highest BCUT2D eigenvalue weighted by Gasteiger charge is 2.60. The third-order valence-corrected chi connectivity index (χ3v) is 7.90. The number of esters is 1. The molecule has 7 nitrogen and oxygen atoms in total. The molecule has 0 radical (unpaired) electrons. The van der Waals surface area contributed by atoms with Crippen LogP contribution in [0.25, 0.3) is 16.3 Å². The van der Waals surface area contributed by atoms with Crippen molar-refractivity contribution in [1.82, 2.24) is 15.6 Å². The summed E-state index contributed by atoms with van der Waals surface area (Å²) in [6.45, 7) is 1.50. The first-order valence-corrected chi connectivity index (χ1v) is 11.7. The van der Waals surface area contributed by atoms with E-state index in [0.717, 1.165) is 47.9 Å². The van der Waals surface area contributed by atoms with Crippen LogP contribution in [-0.4, -0.2) is 34.0 Å². The van der Waals surface area contributed by atoms with E-state index >= 15 is 0 Å². The Bertz CT molecular complexity index is 1150. The third-order valence-electron chi connectivity index (χ3n) is 7.11. The minimum absolute atomic E-state index is 0.178. The summed E-state index contributed by atoms with van der Waals surface area (Å²) in [6.07, 6.45) is 7.76. The Labute approximate surface area is 184 Å². The average Bonchev–Trinajstić information content (AvgIpc) is 3.25. The molecular formula is C23H24N4O3S. The van der Waals surface area contributed by atoms with E-state index in [9.17, 15) is 9.59 Å². The zero-order valence-corrected chi connectivity index (χ0v) is 18.1. The predicted octanol–water partition coefficient (Wildman–Crippen LogP) is 3.37. The van der Waals surface area contributed by atoms with Gasteiger partial charge < -0.3 is 10.1 Å². The molecule has 7 rings (SSSR count). The zero-order valence-electron chi connectivity index (χ0n) is 17.3. The van der Waals surface area contributed by atoms with Gasteiger partial charge in [0.15, 0.2) is 0 Å². The number of carbonyl (C=O) groups excluding carboxylic acids is 2. The van der Waals surface area contributed by atoms with E-state index in [2.05, 4.69) is 20.6 Å². The number of amides is 1. The van der Waals surface area contributed by atoms with E-state index in [4.69, 9.17) is 4.74 Å². The van der Waals surface area contributed by atoms with Crippen molar-refractivity contribution in [2.75, 3.05) is 0 Å². The molecule has 2 unspecified atom stereocenters. The number of aromatic nitrogens is 1. The summed E-state index contributed by atoms with van der Waals surface area (Å²) in [7, 11) is 0. The second kappa shape index (κ2) is 6.63. The van der Waals surface area contributed by atoms with Crippen molar-refractivity contribution in [1.29, 1.82) is 0 Å². The molecule has 1 aliphatic heterocycles. The Kier molecular flexibility index (Phi) is 4.06. The van der Waals surface area contributed by atoms with Crippen LogP contribution in [0.4, 0.5) is 0 Å². The first-order chi connectivity index (χ1) is 14.9. The fourth-order valence-corrected chi connectivity index (χ4v) is 7.37. The van der Waals surface area contributed by atoms with Crippen molar-refractivity contribution in [3.63, 3.8) is 0 Å². The van der Waals surface area contributed by atoms with Crippen LogP contribution < -0.4 is 10.6 Å². The summed E-state index contributed by atoms with van der Waals surface area (Å²) in [6, 6.07) is 5.93. The minimum atomic E-state index is -0.366. The lowest BCUT2D eigenvalue weighted by molar-refractivity contribution is -0.188. The molecule has 4 fully saturated rings. The second-order valence-corrected chi connectivity index (χ2v) is 10.6. The van der Waals surface area contributed by atoms with Gasteiger partial charge in [0, 0.05) is 18.9 Å².